The smallest absolute Gasteiger partial charge is 0.264 e. The van der Waals surface area contributed by atoms with Gasteiger partial charge in [-0.25, -0.2) is 8.42 Å². The molecule has 1 aliphatic carbocycles. The summed E-state index contributed by atoms with van der Waals surface area (Å²) in [7, 11) is -2.66. The van der Waals surface area contributed by atoms with E-state index in [4.69, 9.17) is 16.3 Å². The Morgan fingerprint density at radius 3 is 2.21 bits per heavy atom. The van der Waals surface area contributed by atoms with Gasteiger partial charge in [0, 0.05) is 24.0 Å². The standard InChI is InChI=1S/C38H42ClN3O5S/c1-28-34(39)22-13-23-35(28)42(48(45,46)33-20-10-5-11-21-33)27-37(43)41(26-30-16-12-19-32(24-30)47-2)36(25-29-14-6-3-7-15-29)38(44)40-31-17-8-4-9-18-31/h3,5-7,10-16,19-24,31,36H,4,8-9,17-18,25-27H2,1-2H3,(H,40,44). The van der Waals surface area contributed by atoms with Crippen molar-refractivity contribution in [3.8, 4) is 5.75 Å². The molecule has 1 saturated carbocycles. The topological polar surface area (TPSA) is 96.0 Å². The molecule has 4 aromatic carbocycles. The highest BCUT2D eigenvalue weighted by Gasteiger charge is 2.36. The molecule has 2 amide bonds. The lowest BCUT2D eigenvalue weighted by Crippen LogP contribution is -2.55. The number of ether oxygens (including phenoxy) is 1. The number of rotatable bonds is 13. The number of hydrogen-bond donors (Lipinski definition) is 1. The van der Waals surface area contributed by atoms with Crippen LogP contribution in [-0.2, 0) is 32.6 Å². The maximum atomic E-state index is 14.8. The van der Waals surface area contributed by atoms with Crippen molar-refractivity contribution in [2.45, 2.75) is 69.0 Å². The summed E-state index contributed by atoms with van der Waals surface area (Å²) in [5.41, 5.74) is 2.42. The van der Waals surface area contributed by atoms with Gasteiger partial charge in [0.05, 0.1) is 17.7 Å². The van der Waals surface area contributed by atoms with Crippen LogP contribution in [0.3, 0.4) is 0 Å². The third-order valence-corrected chi connectivity index (χ3v) is 11.0. The Bertz CT molecular complexity index is 1800. The maximum absolute atomic E-state index is 14.8. The second-order valence-corrected chi connectivity index (χ2v) is 14.4. The molecule has 0 aromatic heterocycles. The zero-order valence-corrected chi connectivity index (χ0v) is 28.9. The number of sulfonamides is 1. The molecule has 1 aliphatic rings. The number of amides is 2. The average molecular weight is 688 g/mol. The van der Waals surface area contributed by atoms with Crippen LogP contribution in [0.2, 0.25) is 5.02 Å². The summed E-state index contributed by atoms with van der Waals surface area (Å²) in [6.45, 7) is 1.23. The van der Waals surface area contributed by atoms with E-state index in [1.54, 1.807) is 50.4 Å². The third-order valence-electron chi connectivity index (χ3n) is 8.83. The normalized spacial score (nSPS) is 14.1. The van der Waals surface area contributed by atoms with Gasteiger partial charge in [0.15, 0.2) is 0 Å². The van der Waals surface area contributed by atoms with Gasteiger partial charge < -0.3 is 15.0 Å². The van der Waals surface area contributed by atoms with Crippen molar-refractivity contribution in [1.29, 1.82) is 0 Å². The monoisotopic (exact) mass is 687 g/mol. The highest BCUT2D eigenvalue weighted by Crippen LogP contribution is 2.31. The first-order valence-corrected chi connectivity index (χ1v) is 18.1. The lowest BCUT2D eigenvalue weighted by molar-refractivity contribution is -0.140. The van der Waals surface area contributed by atoms with Gasteiger partial charge in [0.2, 0.25) is 11.8 Å². The summed E-state index contributed by atoms with van der Waals surface area (Å²) in [5.74, 6) is -0.191. The van der Waals surface area contributed by atoms with Crippen molar-refractivity contribution < 1.29 is 22.7 Å². The van der Waals surface area contributed by atoms with Crippen LogP contribution in [0.1, 0.15) is 48.8 Å². The highest BCUT2D eigenvalue weighted by atomic mass is 35.5. The molecule has 4 aromatic rings. The molecule has 1 fully saturated rings. The summed E-state index contributed by atoms with van der Waals surface area (Å²) in [5, 5.41) is 3.60. The quantitative estimate of drug-likeness (QED) is 0.164. The van der Waals surface area contributed by atoms with Crippen LogP contribution >= 0.6 is 11.6 Å². The van der Waals surface area contributed by atoms with Crippen LogP contribution in [0.25, 0.3) is 0 Å². The van der Waals surface area contributed by atoms with Crippen molar-refractivity contribution in [2.75, 3.05) is 18.0 Å². The Hall–Kier alpha value is -4.34. The van der Waals surface area contributed by atoms with Crippen LogP contribution in [0.5, 0.6) is 5.75 Å². The first-order valence-electron chi connectivity index (χ1n) is 16.3. The third kappa shape index (κ3) is 8.57. The SMILES string of the molecule is COc1cccc(CN(C(=O)CN(c2cccc(Cl)c2C)S(=O)(=O)c2ccccc2)C(Cc2ccccc2)C(=O)NC2CCCCC2)c1. The molecule has 1 atom stereocenters. The van der Waals surface area contributed by atoms with Crippen LogP contribution in [0, 0.1) is 6.92 Å². The number of nitrogens with one attached hydrogen (secondary N) is 1. The summed E-state index contributed by atoms with van der Waals surface area (Å²) in [4.78, 5) is 30.6. The predicted molar refractivity (Wildman–Crippen MR) is 190 cm³/mol. The summed E-state index contributed by atoms with van der Waals surface area (Å²) in [6, 6.07) is 28.9. The largest absolute Gasteiger partial charge is 0.497 e. The molecule has 10 heteroatoms. The van der Waals surface area contributed by atoms with E-state index in [9.17, 15) is 18.0 Å². The Morgan fingerprint density at radius 1 is 0.875 bits per heavy atom. The minimum Gasteiger partial charge on any atom is -0.497 e. The van der Waals surface area contributed by atoms with Crippen molar-refractivity contribution >= 4 is 39.1 Å². The first-order chi connectivity index (χ1) is 23.2. The van der Waals surface area contributed by atoms with Gasteiger partial charge in [-0.3, -0.25) is 13.9 Å². The number of benzene rings is 4. The molecular weight excluding hydrogens is 646 g/mol. The maximum Gasteiger partial charge on any atom is 0.264 e. The molecule has 0 bridgehead atoms. The van der Waals surface area contributed by atoms with Crippen LogP contribution in [0.4, 0.5) is 5.69 Å². The lowest BCUT2D eigenvalue weighted by Gasteiger charge is -2.35. The second kappa shape index (κ2) is 16.2. The number of carbonyl (C=O) groups is 2. The summed E-state index contributed by atoms with van der Waals surface area (Å²) < 4.78 is 35.1. The van der Waals surface area contributed by atoms with Crippen LogP contribution < -0.4 is 14.4 Å². The molecule has 48 heavy (non-hydrogen) atoms. The number of anilines is 1. The van der Waals surface area contributed by atoms with Crippen molar-refractivity contribution in [3.63, 3.8) is 0 Å². The Labute approximate surface area is 288 Å². The van der Waals surface area contributed by atoms with E-state index < -0.39 is 28.5 Å². The number of hydrogen-bond acceptors (Lipinski definition) is 5. The van der Waals surface area contributed by atoms with Crippen molar-refractivity contribution in [3.05, 3.63) is 125 Å². The summed E-state index contributed by atoms with van der Waals surface area (Å²) >= 11 is 6.48. The van der Waals surface area contributed by atoms with E-state index in [2.05, 4.69) is 5.32 Å². The summed E-state index contributed by atoms with van der Waals surface area (Å²) in [6.07, 6.45) is 5.21. The van der Waals surface area contributed by atoms with E-state index in [1.807, 2.05) is 54.6 Å². The fraction of sp³-hybridized carbons (Fsp3) is 0.316. The number of carbonyl (C=O) groups excluding carboxylic acids is 2. The molecule has 0 saturated heterocycles. The number of nitrogens with zero attached hydrogens (tertiary/aromatic N) is 2. The molecule has 0 heterocycles. The Balaban J connectivity index is 1.59. The zero-order valence-electron chi connectivity index (χ0n) is 27.3. The lowest BCUT2D eigenvalue weighted by atomic mass is 9.94. The van der Waals surface area contributed by atoms with Gasteiger partial charge in [-0.2, -0.15) is 0 Å². The highest BCUT2D eigenvalue weighted by molar-refractivity contribution is 7.92. The zero-order chi connectivity index (χ0) is 34.1. The van der Waals surface area contributed by atoms with Crippen molar-refractivity contribution in [2.24, 2.45) is 0 Å². The number of halogens is 1. The minimum absolute atomic E-state index is 0.0161. The van der Waals surface area contributed by atoms with Gasteiger partial charge in [-0.15, -0.1) is 0 Å². The predicted octanol–water partition coefficient (Wildman–Crippen LogP) is 6.94. The van der Waals surface area contributed by atoms with E-state index in [0.717, 1.165) is 47.5 Å². The van der Waals surface area contributed by atoms with Crippen LogP contribution in [-0.4, -0.2) is 50.9 Å². The van der Waals surface area contributed by atoms with E-state index in [-0.39, 0.29) is 35.5 Å². The minimum atomic E-state index is -4.23. The molecule has 1 N–H and O–H groups in total. The van der Waals surface area contributed by atoms with Gasteiger partial charge in [0.1, 0.15) is 18.3 Å². The molecule has 0 radical (unpaired) electrons. The van der Waals surface area contributed by atoms with E-state index in [0.29, 0.717) is 16.3 Å². The molecular formula is C38H42ClN3O5S. The van der Waals surface area contributed by atoms with E-state index >= 15 is 0 Å². The molecule has 0 aliphatic heterocycles. The second-order valence-electron chi connectivity index (χ2n) is 12.1. The van der Waals surface area contributed by atoms with E-state index in [1.165, 1.54) is 17.0 Å². The van der Waals surface area contributed by atoms with Gasteiger partial charge in [-0.05, 0) is 72.9 Å². The van der Waals surface area contributed by atoms with Crippen molar-refractivity contribution in [1.82, 2.24) is 10.2 Å². The molecule has 252 valence electrons. The molecule has 1 unspecified atom stereocenters. The van der Waals surface area contributed by atoms with Crippen LogP contribution in [0.15, 0.2) is 108 Å². The fourth-order valence-corrected chi connectivity index (χ4v) is 7.83. The van der Waals surface area contributed by atoms with Gasteiger partial charge >= 0.3 is 0 Å². The Kier molecular flexibility index (Phi) is 11.8. The van der Waals surface area contributed by atoms with Gasteiger partial charge in [-0.1, -0.05) is 97.6 Å². The molecule has 8 nitrogen and oxygen atoms in total. The molecule has 5 rings (SSSR count). The number of methoxy groups -OCH3 is 1. The average Bonchev–Trinajstić information content (AvgIpc) is 3.11. The van der Waals surface area contributed by atoms with Gasteiger partial charge in [0.25, 0.3) is 10.0 Å². The molecule has 0 spiro atoms. The Morgan fingerprint density at radius 2 is 1.52 bits per heavy atom. The fourth-order valence-electron chi connectivity index (χ4n) is 6.17. The first kappa shape index (κ1) is 35.0.